The Morgan fingerprint density at radius 2 is 2.00 bits per heavy atom. The minimum atomic E-state index is -0.0977. The maximum absolute atomic E-state index is 11.9. The van der Waals surface area contributed by atoms with Crippen LogP contribution in [0.1, 0.15) is 16.7 Å². The van der Waals surface area contributed by atoms with Gasteiger partial charge in [0.05, 0.1) is 18.2 Å². The van der Waals surface area contributed by atoms with Gasteiger partial charge < -0.3 is 15.6 Å². The first-order valence-electron chi connectivity index (χ1n) is 8.23. The quantitative estimate of drug-likeness (QED) is 0.607. The van der Waals surface area contributed by atoms with Crippen molar-refractivity contribution < 1.29 is 4.79 Å². The number of amides is 1. The maximum Gasteiger partial charge on any atom is 0.238 e. The van der Waals surface area contributed by atoms with Crippen LogP contribution in [-0.2, 0) is 11.2 Å². The highest BCUT2D eigenvalue weighted by molar-refractivity contribution is 5.92. The lowest BCUT2D eigenvalue weighted by Crippen LogP contribution is -2.29. The van der Waals surface area contributed by atoms with Crippen molar-refractivity contribution in [3.63, 3.8) is 0 Å². The van der Waals surface area contributed by atoms with Crippen molar-refractivity contribution >= 4 is 22.5 Å². The second kappa shape index (κ2) is 7.65. The number of nitrogens with one attached hydrogen (secondary N) is 3. The summed E-state index contributed by atoms with van der Waals surface area (Å²) in [7, 11) is 0. The molecule has 0 atom stereocenters. The van der Waals surface area contributed by atoms with E-state index in [2.05, 4.69) is 46.8 Å². The van der Waals surface area contributed by atoms with Crippen molar-refractivity contribution in [2.75, 3.05) is 18.4 Å². The molecule has 5 nitrogen and oxygen atoms in total. The molecule has 3 N–H and O–H groups in total. The van der Waals surface area contributed by atoms with Crippen LogP contribution in [-0.4, -0.2) is 24.0 Å². The Bertz CT molecular complexity index is 919. The molecular formula is C20H20N4O. The van der Waals surface area contributed by atoms with Crippen molar-refractivity contribution in [2.24, 2.45) is 0 Å². The number of carbonyl (C=O) groups excluding carboxylic acids is 1. The zero-order valence-electron chi connectivity index (χ0n) is 14.1. The van der Waals surface area contributed by atoms with E-state index in [-0.39, 0.29) is 12.5 Å². The van der Waals surface area contributed by atoms with Gasteiger partial charge in [0.15, 0.2) is 0 Å². The first kappa shape index (κ1) is 16.7. The molecule has 3 rings (SSSR count). The van der Waals surface area contributed by atoms with Gasteiger partial charge in [-0.2, -0.15) is 5.26 Å². The van der Waals surface area contributed by atoms with E-state index in [1.807, 2.05) is 6.20 Å². The second-order valence-corrected chi connectivity index (χ2v) is 6.03. The van der Waals surface area contributed by atoms with Crippen LogP contribution in [0.25, 0.3) is 10.9 Å². The molecule has 0 unspecified atom stereocenters. The Morgan fingerprint density at radius 3 is 2.76 bits per heavy atom. The Hall–Kier alpha value is -3.10. The van der Waals surface area contributed by atoms with Crippen molar-refractivity contribution in [2.45, 2.75) is 13.3 Å². The highest BCUT2D eigenvalue weighted by Crippen LogP contribution is 2.19. The maximum atomic E-state index is 11.9. The first-order chi connectivity index (χ1) is 12.2. The summed E-state index contributed by atoms with van der Waals surface area (Å²) in [6, 6.07) is 15.2. The zero-order valence-corrected chi connectivity index (χ0v) is 14.1. The predicted molar refractivity (Wildman–Crippen MR) is 99.4 cm³/mol. The molecule has 0 aliphatic rings. The fourth-order valence-corrected chi connectivity index (χ4v) is 2.76. The molecular weight excluding hydrogens is 312 g/mol. The Labute approximate surface area is 146 Å². The van der Waals surface area contributed by atoms with Crippen LogP contribution >= 0.6 is 0 Å². The molecule has 0 aliphatic heterocycles. The summed E-state index contributed by atoms with van der Waals surface area (Å²) in [5.74, 6) is -0.0977. The molecule has 1 heterocycles. The monoisotopic (exact) mass is 332 g/mol. The SMILES string of the molecule is Cc1ccc2[nH]cc(CCNCC(=O)Nc3ccc(C#N)cc3)c2c1. The number of fused-ring (bicyclic) bond motifs is 1. The van der Waals surface area contributed by atoms with Gasteiger partial charge in [-0.1, -0.05) is 11.6 Å². The molecule has 5 heteroatoms. The summed E-state index contributed by atoms with van der Waals surface area (Å²) < 4.78 is 0. The molecule has 3 aromatic rings. The Morgan fingerprint density at radius 1 is 1.20 bits per heavy atom. The number of aryl methyl sites for hydroxylation is 1. The van der Waals surface area contributed by atoms with E-state index in [9.17, 15) is 4.79 Å². The number of benzene rings is 2. The fourth-order valence-electron chi connectivity index (χ4n) is 2.76. The molecule has 0 aliphatic carbocycles. The number of aromatic nitrogens is 1. The van der Waals surface area contributed by atoms with E-state index in [4.69, 9.17) is 5.26 Å². The van der Waals surface area contributed by atoms with Gasteiger partial charge in [0.2, 0.25) is 5.91 Å². The molecule has 126 valence electrons. The molecule has 1 amide bonds. The number of carbonyl (C=O) groups is 1. The molecule has 0 fully saturated rings. The van der Waals surface area contributed by atoms with Crippen LogP contribution in [0.5, 0.6) is 0 Å². The smallest absolute Gasteiger partial charge is 0.238 e. The van der Waals surface area contributed by atoms with Gasteiger partial charge in [-0.3, -0.25) is 4.79 Å². The summed E-state index contributed by atoms with van der Waals surface area (Å²) in [5, 5.41) is 16.0. The van der Waals surface area contributed by atoms with Gasteiger partial charge in [-0.05, 0) is 61.9 Å². The number of nitriles is 1. The highest BCUT2D eigenvalue weighted by Gasteiger charge is 2.05. The molecule has 0 spiro atoms. The summed E-state index contributed by atoms with van der Waals surface area (Å²) in [6.07, 6.45) is 2.89. The summed E-state index contributed by atoms with van der Waals surface area (Å²) >= 11 is 0. The summed E-state index contributed by atoms with van der Waals surface area (Å²) in [6.45, 7) is 3.06. The standard InChI is InChI=1S/C20H20N4O/c1-14-2-7-19-18(10-14)16(12-23-19)8-9-22-13-20(25)24-17-5-3-15(11-21)4-6-17/h2-7,10,12,22-23H,8-9,13H2,1H3,(H,24,25). The number of H-pyrrole nitrogens is 1. The van der Waals surface area contributed by atoms with Gasteiger partial charge >= 0.3 is 0 Å². The highest BCUT2D eigenvalue weighted by atomic mass is 16.1. The van der Waals surface area contributed by atoms with E-state index in [0.717, 1.165) is 18.5 Å². The van der Waals surface area contributed by atoms with Gasteiger partial charge in [0.25, 0.3) is 0 Å². The van der Waals surface area contributed by atoms with Crippen molar-refractivity contribution in [1.82, 2.24) is 10.3 Å². The second-order valence-electron chi connectivity index (χ2n) is 6.03. The fraction of sp³-hybridized carbons (Fsp3) is 0.200. The zero-order chi connectivity index (χ0) is 17.6. The molecule has 0 bridgehead atoms. The van der Waals surface area contributed by atoms with Crippen molar-refractivity contribution in [3.8, 4) is 6.07 Å². The molecule has 0 radical (unpaired) electrons. The van der Waals surface area contributed by atoms with Gasteiger partial charge in [0.1, 0.15) is 0 Å². The lowest BCUT2D eigenvalue weighted by atomic mass is 10.1. The van der Waals surface area contributed by atoms with E-state index in [0.29, 0.717) is 11.3 Å². The van der Waals surface area contributed by atoms with E-state index >= 15 is 0 Å². The van der Waals surface area contributed by atoms with Crippen LogP contribution in [0, 0.1) is 18.3 Å². The largest absolute Gasteiger partial charge is 0.361 e. The minimum Gasteiger partial charge on any atom is -0.361 e. The van der Waals surface area contributed by atoms with Gasteiger partial charge in [-0.15, -0.1) is 0 Å². The third-order valence-corrected chi connectivity index (χ3v) is 4.08. The van der Waals surface area contributed by atoms with Crippen LogP contribution in [0.4, 0.5) is 5.69 Å². The summed E-state index contributed by atoms with van der Waals surface area (Å²) in [4.78, 5) is 15.2. The van der Waals surface area contributed by atoms with E-state index in [1.54, 1.807) is 24.3 Å². The molecule has 2 aromatic carbocycles. The summed E-state index contributed by atoms with van der Waals surface area (Å²) in [5.41, 5.74) is 4.89. The van der Waals surface area contributed by atoms with Gasteiger partial charge in [0, 0.05) is 22.8 Å². The third-order valence-electron chi connectivity index (χ3n) is 4.08. The Balaban J connectivity index is 1.46. The van der Waals surface area contributed by atoms with Crippen molar-refractivity contribution in [1.29, 1.82) is 5.26 Å². The van der Waals surface area contributed by atoms with Crippen LogP contribution in [0.3, 0.4) is 0 Å². The number of rotatable bonds is 6. The average molecular weight is 332 g/mol. The molecule has 0 saturated carbocycles. The van der Waals surface area contributed by atoms with Crippen LogP contribution < -0.4 is 10.6 Å². The van der Waals surface area contributed by atoms with Gasteiger partial charge in [-0.25, -0.2) is 0 Å². The molecule has 0 saturated heterocycles. The lowest BCUT2D eigenvalue weighted by Gasteiger charge is -2.07. The number of anilines is 1. The van der Waals surface area contributed by atoms with E-state index < -0.39 is 0 Å². The molecule has 1 aromatic heterocycles. The number of aromatic amines is 1. The average Bonchev–Trinajstić information content (AvgIpc) is 3.01. The number of nitrogens with zero attached hydrogens (tertiary/aromatic N) is 1. The van der Waals surface area contributed by atoms with Crippen LogP contribution in [0.15, 0.2) is 48.7 Å². The minimum absolute atomic E-state index is 0.0977. The first-order valence-corrected chi connectivity index (χ1v) is 8.23. The number of hydrogen-bond acceptors (Lipinski definition) is 3. The predicted octanol–water partition coefficient (Wildman–Crippen LogP) is 3.12. The van der Waals surface area contributed by atoms with E-state index in [1.165, 1.54) is 16.5 Å². The number of hydrogen-bond donors (Lipinski definition) is 3. The molecule has 25 heavy (non-hydrogen) atoms. The third kappa shape index (κ3) is 4.25. The Kier molecular flexibility index (Phi) is 5.12. The van der Waals surface area contributed by atoms with Crippen molar-refractivity contribution in [3.05, 3.63) is 65.4 Å². The normalized spacial score (nSPS) is 10.6. The lowest BCUT2D eigenvalue weighted by molar-refractivity contribution is -0.115. The van der Waals surface area contributed by atoms with Crippen LogP contribution in [0.2, 0.25) is 0 Å². The topological polar surface area (TPSA) is 80.7 Å².